The lowest BCUT2D eigenvalue weighted by Gasteiger charge is -2.27. The Kier molecular flexibility index (Phi) is 4.84. The first kappa shape index (κ1) is 18.9. The van der Waals surface area contributed by atoms with Crippen molar-refractivity contribution in [2.75, 3.05) is 40.0 Å². The van der Waals surface area contributed by atoms with Crippen LogP contribution >= 0.6 is 0 Å². The Bertz CT molecular complexity index is 1010. The summed E-state index contributed by atoms with van der Waals surface area (Å²) in [5.74, 6) is -0.989. The van der Waals surface area contributed by atoms with Gasteiger partial charge in [0.15, 0.2) is 11.5 Å². The van der Waals surface area contributed by atoms with Crippen molar-refractivity contribution in [3.05, 3.63) is 29.8 Å². The Balaban J connectivity index is 1.91. The lowest BCUT2D eigenvalue weighted by molar-refractivity contribution is -0.140. The Hall–Kier alpha value is -2.46. The number of hydrogen-bond donors (Lipinski definition) is 0. The molecule has 4 heterocycles. The van der Waals surface area contributed by atoms with Crippen LogP contribution in [0.1, 0.15) is 5.69 Å². The van der Waals surface area contributed by atoms with Gasteiger partial charge in [-0.2, -0.15) is 18.2 Å². The van der Waals surface area contributed by atoms with Crippen molar-refractivity contribution < 1.29 is 27.0 Å². The molecule has 1 fully saturated rings. The van der Waals surface area contributed by atoms with Gasteiger partial charge in [0.2, 0.25) is 0 Å². The number of hydrogen-bond acceptors (Lipinski definition) is 5. The molecule has 0 unspecified atom stereocenters. The third-order valence-corrected chi connectivity index (χ3v) is 4.87. The molecule has 4 rings (SSSR count). The average molecular weight is 398 g/mol. The van der Waals surface area contributed by atoms with Gasteiger partial charge in [0, 0.05) is 43.1 Å². The molecule has 0 amide bonds. The fourth-order valence-corrected chi connectivity index (χ4v) is 3.55. The minimum absolute atomic E-state index is 0.0987. The summed E-state index contributed by atoms with van der Waals surface area (Å²) in [5.41, 5.74) is -0.872. The predicted octanol–water partition coefficient (Wildman–Crippen LogP) is 3.08. The van der Waals surface area contributed by atoms with E-state index in [1.54, 1.807) is 0 Å². The molecule has 0 atom stereocenters. The largest absolute Gasteiger partial charge is 0.479 e. The van der Waals surface area contributed by atoms with Gasteiger partial charge in [-0.1, -0.05) is 0 Å². The number of morpholine rings is 1. The summed E-state index contributed by atoms with van der Waals surface area (Å²) < 4.78 is 66.8. The number of fused-ring (bicyclic) bond motifs is 3. The van der Waals surface area contributed by atoms with Gasteiger partial charge in [-0.05, 0) is 12.1 Å². The van der Waals surface area contributed by atoms with Crippen LogP contribution < -0.4 is 4.74 Å². The lowest BCUT2D eigenvalue weighted by Crippen LogP contribution is -2.38. The molecule has 0 spiro atoms. The summed E-state index contributed by atoms with van der Waals surface area (Å²) in [4.78, 5) is 9.81. The highest BCUT2D eigenvalue weighted by Crippen LogP contribution is 2.38. The predicted molar refractivity (Wildman–Crippen MR) is 93.8 cm³/mol. The molecule has 28 heavy (non-hydrogen) atoms. The molecule has 0 N–H and O–H groups in total. The van der Waals surface area contributed by atoms with E-state index < -0.39 is 17.7 Å². The zero-order chi connectivity index (χ0) is 19.9. The average Bonchev–Trinajstić information content (AvgIpc) is 2.98. The van der Waals surface area contributed by atoms with E-state index in [2.05, 4.69) is 14.9 Å². The molecule has 1 aliphatic rings. The van der Waals surface area contributed by atoms with Crippen molar-refractivity contribution in [2.45, 2.75) is 12.7 Å². The molecule has 6 nitrogen and oxygen atoms in total. The van der Waals surface area contributed by atoms with Crippen molar-refractivity contribution >= 4 is 21.9 Å². The van der Waals surface area contributed by atoms with Gasteiger partial charge in [0.05, 0.1) is 25.8 Å². The third kappa shape index (κ3) is 3.26. The zero-order valence-electron chi connectivity index (χ0n) is 15.1. The summed E-state index contributed by atoms with van der Waals surface area (Å²) in [6.45, 7) is 3.33. The van der Waals surface area contributed by atoms with E-state index in [1.807, 2.05) is 0 Å². The van der Waals surface area contributed by atoms with Gasteiger partial charge < -0.3 is 14.0 Å². The number of alkyl halides is 3. The fraction of sp³-hybridized carbons (Fsp3) is 0.444. The monoisotopic (exact) mass is 398 g/mol. The van der Waals surface area contributed by atoms with Crippen LogP contribution in [0.15, 0.2) is 18.3 Å². The smallest absolute Gasteiger partial charge is 0.435 e. The summed E-state index contributed by atoms with van der Waals surface area (Å²) in [5, 5.41) is 0.552. The normalized spacial score (nSPS) is 16.2. The van der Waals surface area contributed by atoms with Crippen LogP contribution in [0.4, 0.5) is 17.6 Å². The zero-order valence-corrected chi connectivity index (χ0v) is 15.1. The van der Waals surface area contributed by atoms with Crippen molar-refractivity contribution in [1.82, 2.24) is 19.4 Å². The maximum Gasteiger partial charge on any atom is 0.435 e. The molecule has 3 aromatic rings. The molecule has 0 aromatic carbocycles. The van der Waals surface area contributed by atoms with Gasteiger partial charge in [-0.15, -0.1) is 0 Å². The van der Waals surface area contributed by atoms with Crippen LogP contribution in [0.3, 0.4) is 0 Å². The highest BCUT2D eigenvalue weighted by molar-refractivity contribution is 6.07. The topological polar surface area (TPSA) is 52.4 Å². The van der Waals surface area contributed by atoms with Crippen LogP contribution in [0.2, 0.25) is 0 Å². The summed E-state index contributed by atoms with van der Waals surface area (Å²) in [6, 6.07) is 2.61. The van der Waals surface area contributed by atoms with Crippen molar-refractivity contribution in [2.24, 2.45) is 0 Å². The molecule has 1 saturated heterocycles. The van der Waals surface area contributed by atoms with E-state index in [4.69, 9.17) is 9.47 Å². The Labute approximate surface area is 157 Å². The van der Waals surface area contributed by atoms with E-state index >= 15 is 0 Å². The van der Waals surface area contributed by atoms with Crippen molar-refractivity contribution in [1.29, 1.82) is 0 Å². The first-order chi connectivity index (χ1) is 13.4. The summed E-state index contributed by atoms with van der Waals surface area (Å²) in [6.07, 6.45) is -3.56. The molecular weight excluding hydrogens is 380 g/mol. The number of halogens is 4. The van der Waals surface area contributed by atoms with Gasteiger partial charge in [0.1, 0.15) is 5.65 Å². The van der Waals surface area contributed by atoms with E-state index in [9.17, 15) is 17.6 Å². The molecule has 0 radical (unpaired) electrons. The quantitative estimate of drug-likeness (QED) is 0.633. The Morgan fingerprint density at radius 1 is 1.18 bits per heavy atom. The van der Waals surface area contributed by atoms with E-state index in [1.165, 1.54) is 17.7 Å². The van der Waals surface area contributed by atoms with Crippen LogP contribution in [0.5, 0.6) is 5.88 Å². The summed E-state index contributed by atoms with van der Waals surface area (Å²) in [7, 11) is 1.26. The van der Waals surface area contributed by atoms with Gasteiger partial charge in [-0.25, -0.2) is 9.37 Å². The number of nitrogens with zero attached hydrogens (tertiary/aromatic N) is 4. The minimum atomic E-state index is -4.65. The first-order valence-electron chi connectivity index (χ1n) is 8.79. The molecule has 0 bridgehead atoms. The molecule has 150 valence electrons. The number of ether oxygens (including phenoxy) is 2. The Morgan fingerprint density at radius 3 is 2.61 bits per heavy atom. The van der Waals surface area contributed by atoms with E-state index in [0.717, 1.165) is 12.3 Å². The van der Waals surface area contributed by atoms with E-state index in [0.29, 0.717) is 38.2 Å². The van der Waals surface area contributed by atoms with Crippen LogP contribution in [0.25, 0.3) is 21.9 Å². The van der Waals surface area contributed by atoms with Gasteiger partial charge in [0.25, 0.3) is 5.88 Å². The standard InChI is InChI=1S/C18H18F4N4O2/c1-27-17-13(19)10-12-11-2-3-23-15(18(20,21)22)14(11)26(16(12)24-17)5-4-25-6-8-28-9-7-25/h2-3,10H,4-9H2,1H3. The maximum atomic E-state index is 14.2. The van der Waals surface area contributed by atoms with Gasteiger partial charge >= 0.3 is 6.18 Å². The first-order valence-corrected chi connectivity index (χ1v) is 8.79. The number of methoxy groups -OCH3 is 1. The number of rotatable bonds is 4. The second-order valence-electron chi connectivity index (χ2n) is 6.51. The molecular formula is C18H18F4N4O2. The van der Waals surface area contributed by atoms with Crippen molar-refractivity contribution in [3.8, 4) is 5.88 Å². The van der Waals surface area contributed by atoms with Crippen LogP contribution in [-0.4, -0.2) is 59.4 Å². The number of aromatic nitrogens is 3. The molecule has 0 saturated carbocycles. The molecule has 3 aromatic heterocycles. The fourth-order valence-electron chi connectivity index (χ4n) is 3.55. The van der Waals surface area contributed by atoms with Gasteiger partial charge in [-0.3, -0.25) is 4.90 Å². The molecule has 0 aliphatic carbocycles. The highest BCUT2D eigenvalue weighted by atomic mass is 19.4. The van der Waals surface area contributed by atoms with Crippen LogP contribution in [-0.2, 0) is 17.5 Å². The summed E-state index contributed by atoms with van der Waals surface area (Å²) >= 11 is 0. The second-order valence-corrected chi connectivity index (χ2v) is 6.51. The van der Waals surface area contributed by atoms with E-state index in [-0.39, 0.29) is 29.0 Å². The third-order valence-electron chi connectivity index (χ3n) is 4.87. The maximum absolute atomic E-state index is 14.2. The highest BCUT2D eigenvalue weighted by Gasteiger charge is 2.37. The van der Waals surface area contributed by atoms with Crippen molar-refractivity contribution in [3.63, 3.8) is 0 Å². The Morgan fingerprint density at radius 2 is 1.93 bits per heavy atom. The molecule has 1 aliphatic heterocycles. The SMILES string of the molecule is COc1nc2c(cc1F)c1ccnc(C(F)(F)F)c1n2CCN1CCOCC1. The van der Waals surface area contributed by atoms with Crippen LogP contribution in [0, 0.1) is 5.82 Å². The minimum Gasteiger partial charge on any atom is -0.479 e. The number of pyridine rings is 2. The lowest BCUT2D eigenvalue weighted by atomic mass is 10.2. The molecule has 10 heteroatoms. The second kappa shape index (κ2) is 7.17.